The van der Waals surface area contributed by atoms with E-state index in [1.165, 1.54) is 11.3 Å². The summed E-state index contributed by atoms with van der Waals surface area (Å²) in [5.74, 6) is 0.426. The van der Waals surface area contributed by atoms with Crippen LogP contribution in [-0.2, 0) is 13.1 Å². The summed E-state index contributed by atoms with van der Waals surface area (Å²) in [6.07, 6.45) is 5.93. The molecule has 0 radical (unpaired) electrons. The van der Waals surface area contributed by atoms with Crippen LogP contribution in [0.25, 0.3) is 0 Å². The first-order valence-electron chi connectivity index (χ1n) is 9.12. The van der Waals surface area contributed by atoms with Gasteiger partial charge in [-0.05, 0) is 36.4 Å². The molecule has 0 spiro atoms. The number of carbonyl (C=O) groups excluding carboxylic acids is 1. The summed E-state index contributed by atoms with van der Waals surface area (Å²) >= 11 is 1.55. The van der Waals surface area contributed by atoms with Gasteiger partial charge in [0.1, 0.15) is 0 Å². The summed E-state index contributed by atoms with van der Waals surface area (Å²) in [5, 5.41) is 1.98. The van der Waals surface area contributed by atoms with Crippen LogP contribution < -0.4 is 0 Å². The van der Waals surface area contributed by atoms with Crippen molar-refractivity contribution in [3.8, 4) is 0 Å². The van der Waals surface area contributed by atoms with Crippen LogP contribution in [0.15, 0.2) is 60.4 Å². The number of ketones is 1. The predicted octanol–water partition coefficient (Wildman–Crippen LogP) is 4.09. The first-order chi connectivity index (χ1) is 12.8. The maximum atomic E-state index is 12.7. The van der Waals surface area contributed by atoms with Gasteiger partial charge in [0.05, 0.1) is 16.9 Å². The van der Waals surface area contributed by atoms with Gasteiger partial charge in [-0.3, -0.25) is 9.69 Å². The topological polar surface area (TPSA) is 38.1 Å². The number of rotatable bonds is 6. The molecule has 26 heavy (non-hydrogen) atoms. The van der Waals surface area contributed by atoms with E-state index in [4.69, 9.17) is 0 Å². The Morgan fingerprint density at radius 2 is 2.04 bits per heavy atom. The molecule has 2 aromatic heterocycles. The third kappa shape index (κ3) is 3.94. The van der Waals surface area contributed by atoms with Crippen molar-refractivity contribution in [1.82, 2.24) is 14.5 Å². The molecule has 4 rings (SSSR count). The standard InChI is InChI=1S/C21H23N3OS/c25-21(20-9-5-11-26-20)18-8-4-10-23(14-18)15-19-12-22-16-24(19)13-17-6-2-1-3-7-17/h1-3,5-7,9,11-12,16,18H,4,8,10,13-15H2. The Hall–Kier alpha value is -2.24. The van der Waals surface area contributed by atoms with Gasteiger partial charge >= 0.3 is 0 Å². The molecule has 1 aromatic carbocycles. The van der Waals surface area contributed by atoms with Crippen molar-refractivity contribution >= 4 is 17.1 Å². The zero-order valence-electron chi connectivity index (χ0n) is 14.8. The average molecular weight is 366 g/mol. The van der Waals surface area contributed by atoms with Crippen LogP contribution >= 0.6 is 11.3 Å². The second-order valence-electron chi connectivity index (χ2n) is 6.91. The summed E-state index contributed by atoms with van der Waals surface area (Å²) in [6, 6.07) is 14.4. The molecule has 3 heterocycles. The lowest BCUT2D eigenvalue weighted by Gasteiger charge is -2.31. The first kappa shape index (κ1) is 17.2. The Morgan fingerprint density at radius 1 is 1.15 bits per heavy atom. The Balaban J connectivity index is 1.41. The summed E-state index contributed by atoms with van der Waals surface area (Å²) < 4.78 is 2.21. The Bertz CT molecular complexity index is 841. The van der Waals surface area contributed by atoms with E-state index in [0.29, 0.717) is 5.78 Å². The Kier molecular flexibility index (Phi) is 5.27. The van der Waals surface area contributed by atoms with Crippen molar-refractivity contribution in [2.45, 2.75) is 25.9 Å². The van der Waals surface area contributed by atoms with Gasteiger partial charge in [0.25, 0.3) is 0 Å². The van der Waals surface area contributed by atoms with Gasteiger partial charge in [-0.1, -0.05) is 36.4 Å². The smallest absolute Gasteiger partial charge is 0.177 e. The van der Waals surface area contributed by atoms with Crippen LogP contribution in [0.4, 0.5) is 0 Å². The summed E-state index contributed by atoms with van der Waals surface area (Å²) in [7, 11) is 0. The minimum Gasteiger partial charge on any atom is -0.329 e. The number of thiophene rings is 1. The second kappa shape index (κ2) is 7.98. The van der Waals surface area contributed by atoms with Crippen molar-refractivity contribution < 1.29 is 4.79 Å². The van der Waals surface area contributed by atoms with Crippen molar-refractivity contribution in [1.29, 1.82) is 0 Å². The molecule has 0 N–H and O–H groups in total. The highest BCUT2D eigenvalue weighted by molar-refractivity contribution is 7.12. The minimum absolute atomic E-state index is 0.118. The van der Waals surface area contributed by atoms with Gasteiger partial charge in [-0.2, -0.15) is 0 Å². The molecule has 0 bridgehead atoms. The molecule has 5 heteroatoms. The van der Waals surface area contributed by atoms with Gasteiger partial charge in [0, 0.05) is 31.7 Å². The highest BCUT2D eigenvalue weighted by atomic mass is 32.1. The molecule has 1 unspecified atom stereocenters. The predicted molar refractivity (Wildman–Crippen MR) is 104 cm³/mol. The number of imidazole rings is 1. The third-order valence-corrected chi connectivity index (χ3v) is 5.90. The van der Waals surface area contributed by atoms with Gasteiger partial charge < -0.3 is 4.57 Å². The zero-order valence-corrected chi connectivity index (χ0v) is 15.6. The average Bonchev–Trinajstić information content (AvgIpc) is 3.35. The molecule has 0 saturated carbocycles. The van der Waals surface area contributed by atoms with E-state index in [2.05, 4.69) is 38.7 Å². The number of carbonyl (C=O) groups is 1. The van der Waals surface area contributed by atoms with Crippen molar-refractivity contribution in [2.24, 2.45) is 5.92 Å². The normalized spacial score (nSPS) is 18.1. The Morgan fingerprint density at radius 3 is 2.85 bits per heavy atom. The summed E-state index contributed by atoms with van der Waals surface area (Å²) in [5.41, 5.74) is 2.48. The van der Waals surface area contributed by atoms with E-state index < -0.39 is 0 Å². The maximum absolute atomic E-state index is 12.7. The first-order valence-corrected chi connectivity index (χ1v) is 10.0. The van der Waals surface area contributed by atoms with Crippen molar-refractivity contribution in [3.63, 3.8) is 0 Å². The van der Waals surface area contributed by atoms with Crippen LogP contribution in [0.2, 0.25) is 0 Å². The van der Waals surface area contributed by atoms with Gasteiger partial charge in [0.2, 0.25) is 0 Å². The van der Waals surface area contributed by atoms with Crippen LogP contribution in [0.1, 0.15) is 33.8 Å². The van der Waals surface area contributed by atoms with Gasteiger partial charge in [-0.15, -0.1) is 11.3 Å². The van der Waals surface area contributed by atoms with Crippen LogP contribution in [0.5, 0.6) is 0 Å². The highest BCUT2D eigenvalue weighted by Crippen LogP contribution is 2.24. The molecule has 1 fully saturated rings. The maximum Gasteiger partial charge on any atom is 0.177 e. The lowest BCUT2D eigenvalue weighted by atomic mass is 9.93. The fourth-order valence-corrected chi connectivity index (χ4v) is 4.41. The summed E-state index contributed by atoms with van der Waals surface area (Å²) in [4.78, 5) is 20.3. The number of hydrogen-bond acceptors (Lipinski definition) is 4. The minimum atomic E-state index is 0.118. The lowest BCUT2D eigenvalue weighted by Crippen LogP contribution is -2.38. The molecule has 0 aliphatic carbocycles. The number of benzene rings is 1. The highest BCUT2D eigenvalue weighted by Gasteiger charge is 2.27. The SMILES string of the molecule is O=C(c1cccs1)C1CCCN(Cc2cncn2Cc2ccccc2)C1. The number of nitrogens with zero attached hydrogens (tertiary/aromatic N) is 3. The molecule has 0 amide bonds. The van der Waals surface area contributed by atoms with E-state index in [1.54, 1.807) is 11.3 Å². The molecule has 134 valence electrons. The van der Waals surface area contributed by atoms with E-state index in [0.717, 1.165) is 43.9 Å². The number of Topliss-reactive ketones (excluding diaryl/α,β-unsaturated/α-hetero) is 1. The molecule has 4 nitrogen and oxygen atoms in total. The fourth-order valence-electron chi connectivity index (χ4n) is 3.66. The molecule has 1 aliphatic rings. The molecule has 3 aromatic rings. The van der Waals surface area contributed by atoms with E-state index in [9.17, 15) is 4.79 Å². The second-order valence-corrected chi connectivity index (χ2v) is 7.86. The van der Waals surface area contributed by atoms with Gasteiger partial charge in [0.15, 0.2) is 5.78 Å². The van der Waals surface area contributed by atoms with Crippen LogP contribution in [-0.4, -0.2) is 33.3 Å². The summed E-state index contributed by atoms with van der Waals surface area (Å²) in [6.45, 7) is 3.57. The van der Waals surface area contributed by atoms with E-state index >= 15 is 0 Å². The Labute approximate surface area is 158 Å². The molecule has 1 atom stereocenters. The molecular weight excluding hydrogens is 342 g/mol. The van der Waals surface area contributed by atoms with Crippen molar-refractivity contribution in [2.75, 3.05) is 13.1 Å². The van der Waals surface area contributed by atoms with Crippen LogP contribution in [0.3, 0.4) is 0 Å². The number of likely N-dealkylation sites (tertiary alicyclic amines) is 1. The van der Waals surface area contributed by atoms with Crippen molar-refractivity contribution in [3.05, 3.63) is 76.5 Å². The quantitative estimate of drug-likeness (QED) is 0.618. The van der Waals surface area contributed by atoms with Crippen LogP contribution in [0, 0.1) is 5.92 Å². The number of hydrogen-bond donors (Lipinski definition) is 0. The number of piperidine rings is 1. The lowest BCUT2D eigenvalue weighted by molar-refractivity contribution is 0.0813. The molecule has 1 saturated heterocycles. The number of aromatic nitrogens is 2. The largest absolute Gasteiger partial charge is 0.329 e. The van der Waals surface area contributed by atoms with Gasteiger partial charge in [-0.25, -0.2) is 4.98 Å². The van der Waals surface area contributed by atoms with E-state index in [1.807, 2.05) is 36.1 Å². The zero-order chi connectivity index (χ0) is 17.8. The van der Waals surface area contributed by atoms with E-state index in [-0.39, 0.29) is 5.92 Å². The molecule has 1 aliphatic heterocycles. The third-order valence-electron chi connectivity index (χ3n) is 5.02. The fraction of sp³-hybridized carbons (Fsp3) is 0.333. The monoisotopic (exact) mass is 365 g/mol. The molecular formula is C21H23N3OS.